The van der Waals surface area contributed by atoms with Crippen LogP contribution in [0.4, 0.5) is 0 Å². The molecule has 0 aliphatic heterocycles. The van der Waals surface area contributed by atoms with Gasteiger partial charge < -0.3 is 10.1 Å². The maximum Gasteiger partial charge on any atom is 0.270 e. The molecule has 1 aromatic heterocycles. The summed E-state index contributed by atoms with van der Waals surface area (Å²) in [5.41, 5.74) is 2.92. The second-order valence-corrected chi connectivity index (χ2v) is 5.45. The molecule has 1 fully saturated rings. The van der Waals surface area contributed by atoms with E-state index in [1.165, 1.54) is 0 Å². The van der Waals surface area contributed by atoms with E-state index in [0.717, 1.165) is 54.0 Å². The Kier molecular flexibility index (Phi) is 1.94. The molecule has 0 aromatic carbocycles. The third-order valence-electron chi connectivity index (χ3n) is 4.20. The fourth-order valence-electron chi connectivity index (χ4n) is 3.04. The number of hydrogen-bond donors (Lipinski definition) is 2. The summed E-state index contributed by atoms with van der Waals surface area (Å²) in [5, 5.41) is 10.7. The second-order valence-electron chi connectivity index (χ2n) is 5.45. The average Bonchev–Trinajstić information content (AvgIpc) is 2.83. The second kappa shape index (κ2) is 3.44. The average molecular weight is 255 g/mol. The van der Waals surface area contributed by atoms with E-state index in [0.29, 0.717) is 5.69 Å². The van der Waals surface area contributed by atoms with Gasteiger partial charge in [-0.05, 0) is 30.5 Å². The van der Waals surface area contributed by atoms with E-state index in [1.54, 1.807) is 0 Å². The highest BCUT2D eigenvalue weighted by molar-refractivity contribution is 6.15. The van der Waals surface area contributed by atoms with E-state index in [-0.39, 0.29) is 5.91 Å². The van der Waals surface area contributed by atoms with Crippen molar-refractivity contribution < 1.29 is 9.59 Å². The summed E-state index contributed by atoms with van der Waals surface area (Å²) in [5.74, 6) is -0.235. The predicted molar refractivity (Wildman–Crippen MR) is 69.8 cm³/mol. The minimum atomic E-state index is -0.678. The maximum atomic E-state index is 12.3. The summed E-state index contributed by atoms with van der Waals surface area (Å²) < 4.78 is 0. The topological polar surface area (TPSA) is 74.8 Å². The molecule has 2 N–H and O–H groups in total. The van der Waals surface area contributed by atoms with Gasteiger partial charge in [-0.3, -0.25) is 9.89 Å². The van der Waals surface area contributed by atoms with Crippen molar-refractivity contribution in [3.05, 3.63) is 17.8 Å². The first-order valence-electron chi connectivity index (χ1n) is 6.54. The van der Waals surface area contributed by atoms with Crippen molar-refractivity contribution in [1.82, 2.24) is 15.5 Å². The molecule has 0 unspecified atom stereocenters. The number of fused-ring (bicyclic) bond motifs is 3. The lowest BCUT2D eigenvalue weighted by Crippen LogP contribution is -2.47. The lowest BCUT2D eigenvalue weighted by atomic mass is 9.99. The summed E-state index contributed by atoms with van der Waals surface area (Å²) >= 11 is 0. The normalized spacial score (nSPS) is 18.5. The molecule has 19 heavy (non-hydrogen) atoms. The van der Waals surface area contributed by atoms with Crippen molar-refractivity contribution in [2.45, 2.75) is 31.2 Å². The molecular weight excluding hydrogens is 242 g/mol. The number of nitrogens with one attached hydrogen (secondary N) is 2. The first kappa shape index (κ1) is 10.7. The Morgan fingerprint density at radius 2 is 2.16 bits per heavy atom. The van der Waals surface area contributed by atoms with E-state index < -0.39 is 5.54 Å². The Morgan fingerprint density at radius 3 is 2.89 bits per heavy atom. The number of rotatable bonds is 3. The molecule has 1 heterocycles. The summed E-state index contributed by atoms with van der Waals surface area (Å²) in [4.78, 5) is 23.6. The number of aromatic nitrogens is 2. The number of nitrogens with zero attached hydrogens (tertiary/aromatic N) is 1. The fourth-order valence-corrected chi connectivity index (χ4v) is 3.04. The molecule has 0 atom stereocenters. The third kappa shape index (κ3) is 1.44. The van der Waals surface area contributed by atoms with Gasteiger partial charge in [0.1, 0.15) is 17.5 Å². The molecule has 1 aromatic rings. The van der Waals surface area contributed by atoms with Gasteiger partial charge in [-0.15, -0.1) is 0 Å². The molecular formula is C14H13N3O2. The van der Waals surface area contributed by atoms with Crippen LogP contribution in [0.25, 0.3) is 22.0 Å². The standard InChI is InChI=1S/C14H13N3O2/c18-7-14(3-1-2-4-14)15-13(19)12-10-6-8-5-9(8)11(10)16-17-12/h5-7H,1-4H2,(H,15,19)(H,16,17). The number of aldehydes is 1. The van der Waals surface area contributed by atoms with Crippen LogP contribution in [0, 0.1) is 0 Å². The fraction of sp³-hybridized carbons (Fsp3) is 0.357. The first-order chi connectivity index (χ1) is 9.22. The molecule has 4 rings (SSSR count). The number of hydrogen-bond acceptors (Lipinski definition) is 3. The van der Waals surface area contributed by atoms with Crippen LogP contribution >= 0.6 is 0 Å². The van der Waals surface area contributed by atoms with Gasteiger partial charge in [0.25, 0.3) is 5.91 Å². The molecule has 5 heteroatoms. The Balaban J connectivity index is 1.66. The van der Waals surface area contributed by atoms with Crippen LogP contribution in [-0.2, 0) is 4.79 Å². The molecule has 96 valence electrons. The van der Waals surface area contributed by atoms with E-state index in [4.69, 9.17) is 0 Å². The Bertz CT molecular complexity index is 711. The van der Waals surface area contributed by atoms with Crippen LogP contribution in [-0.4, -0.2) is 27.9 Å². The van der Waals surface area contributed by atoms with Crippen molar-refractivity contribution >= 4 is 23.1 Å². The zero-order valence-electron chi connectivity index (χ0n) is 10.3. The quantitative estimate of drug-likeness (QED) is 0.700. The van der Waals surface area contributed by atoms with Crippen LogP contribution in [0.5, 0.6) is 0 Å². The minimum Gasteiger partial charge on any atom is -0.338 e. The first-order valence-corrected chi connectivity index (χ1v) is 6.54. The summed E-state index contributed by atoms with van der Waals surface area (Å²) in [6.45, 7) is 0. The van der Waals surface area contributed by atoms with Crippen molar-refractivity contribution in [3.63, 3.8) is 0 Å². The lowest BCUT2D eigenvalue weighted by Gasteiger charge is -2.23. The zero-order chi connectivity index (χ0) is 13.0. The summed E-state index contributed by atoms with van der Waals surface area (Å²) in [7, 11) is 0. The van der Waals surface area contributed by atoms with Crippen molar-refractivity contribution in [3.8, 4) is 11.1 Å². The largest absolute Gasteiger partial charge is 0.338 e. The van der Waals surface area contributed by atoms with Crippen LogP contribution in [0.3, 0.4) is 0 Å². The van der Waals surface area contributed by atoms with Crippen LogP contribution in [0.1, 0.15) is 36.2 Å². The van der Waals surface area contributed by atoms with Gasteiger partial charge >= 0.3 is 0 Å². The molecule has 1 saturated carbocycles. The van der Waals surface area contributed by atoms with Gasteiger partial charge in [0, 0.05) is 10.9 Å². The SMILES string of the molecule is O=CC1(NC(=O)c2[nH]nc3c4cc-4cc23)CCCC1. The number of benzene rings is 1. The highest BCUT2D eigenvalue weighted by Gasteiger charge is 2.36. The Labute approximate surface area is 109 Å². The summed E-state index contributed by atoms with van der Waals surface area (Å²) in [6, 6.07) is 4.00. The Hall–Kier alpha value is -2.17. The van der Waals surface area contributed by atoms with E-state index in [2.05, 4.69) is 15.5 Å². The Morgan fingerprint density at radius 1 is 1.37 bits per heavy atom. The number of amides is 1. The number of carbonyl (C=O) groups excluding carboxylic acids is 2. The molecule has 1 amide bonds. The van der Waals surface area contributed by atoms with Gasteiger partial charge in [-0.25, -0.2) is 0 Å². The van der Waals surface area contributed by atoms with Crippen molar-refractivity contribution in [2.75, 3.05) is 0 Å². The number of H-pyrrole nitrogens is 1. The van der Waals surface area contributed by atoms with Gasteiger partial charge in [0.2, 0.25) is 0 Å². The molecule has 3 aliphatic carbocycles. The molecule has 3 aliphatic rings. The maximum absolute atomic E-state index is 12.3. The highest BCUT2D eigenvalue weighted by atomic mass is 16.2. The van der Waals surface area contributed by atoms with E-state index in [1.807, 2.05) is 12.1 Å². The number of aromatic amines is 1. The smallest absolute Gasteiger partial charge is 0.270 e. The summed E-state index contributed by atoms with van der Waals surface area (Å²) in [6.07, 6.45) is 4.30. The molecule has 5 nitrogen and oxygen atoms in total. The van der Waals surface area contributed by atoms with E-state index in [9.17, 15) is 9.59 Å². The van der Waals surface area contributed by atoms with Gasteiger partial charge in [-0.1, -0.05) is 12.8 Å². The molecule has 0 saturated heterocycles. The zero-order valence-corrected chi connectivity index (χ0v) is 10.3. The molecule has 0 radical (unpaired) electrons. The van der Waals surface area contributed by atoms with Crippen LogP contribution in [0.2, 0.25) is 0 Å². The van der Waals surface area contributed by atoms with Crippen molar-refractivity contribution in [1.29, 1.82) is 0 Å². The van der Waals surface area contributed by atoms with Crippen LogP contribution < -0.4 is 5.32 Å². The van der Waals surface area contributed by atoms with E-state index >= 15 is 0 Å². The minimum absolute atomic E-state index is 0.235. The van der Waals surface area contributed by atoms with Crippen LogP contribution in [0.15, 0.2) is 12.1 Å². The predicted octanol–water partition coefficient (Wildman–Crippen LogP) is 1.78. The number of carbonyl (C=O) groups is 2. The highest BCUT2D eigenvalue weighted by Crippen LogP contribution is 2.43. The monoisotopic (exact) mass is 255 g/mol. The molecule has 0 spiro atoms. The van der Waals surface area contributed by atoms with Gasteiger partial charge in [-0.2, -0.15) is 5.10 Å². The van der Waals surface area contributed by atoms with Crippen molar-refractivity contribution in [2.24, 2.45) is 0 Å². The molecule has 0 bridgehead atoms. The van der Waals surface area contributed by atoms with Gasteiger partial charge in [0.05, 0.1) is 5.54 Å². The van der Waals surface area contributed by atoms with Gasteiger partial charge in [0.15, 0.2) is 0 Å². The third-order valence-corrected chi connectivity index (χ3v) is 4.20. The lowest BCUT2D eigenvalue weighted by molar-refractivity contribution is -0.112.